The molecule has 0 saturated carbocycles. The van der Waals surface area contributed by atoms with E-state index in [4.69, 9.17) is 11.6 Å². The van der Waals surface area contributed by atoms with Crippen LogP contribution in [0.15, 0.2) is 18.2 Å². The third-order valence-corrected chi connectivity index (χ3v) is 4.17. The van der Waals surface area contributed by atoms with E-state index in [0.29, 0.717) is 12.1 Å². The van der Waals surface area contributed by atoms with Crippen molar-refractivity contribution in [3.63, 3.8) is 0 Å². The van der Waals surface area contributed by atoms with E-state index in [1.807, 2.05) is 6.07 Å². The second kappa shape index (κ2) is 6.62. The minimum absolute atomic E-state index is 0.491. The molecule has 1 heterocycles. The van der Waals surface area contributed by atoms with Crippen molar-refractivity contribution in [3.05, 3.63) is 28.8 Å². The van der Waals surface area contributed by atoms with E-state index in [-0.39, 0.29) is 0 Å². The lowest BCUT2D eigenvalue weighted by atomic mass is 10.0. The van der Waals surface area contributed by atoms with Crippen LogP contribution in [0.2, 0.25) is 5.02 Å². The van der Waals surface area contributed by atoms with Gasteiger partial charge in [-0.2, -0.15) is 0 Å². The zero-order valence-electron chi connectivity index (χ0n) is 12.2. The summed E-state index contributed by atoms with van der Waals surface area (Å²) in [7, 11) is 0. The maximum atomic E-state index is 6.47. The van der Waals surface area contributed by atoms with Crippen LogP contribution in [0.3, 0.4) is 0 Å². The highest BCUT2D eigenvalue weighted by Gasteiger charge is 2.22. The molecule has 2 nitrogen and oxygen atoms in total. The molecule has 1 N–H and O–H groups in total. The van der Waals surface area contributed by atoms with Crippen molar-refractivity contribution in [2.24, 2.45) is 0 Å². The molecule has 19 heavy (non-hydrogen) atoms. The lowest BCUT2D eigenvalue weighted by molar-refractivity contribution is 0.482. The predicted molar refractivity (Wildman–Crippen MR) is 84.1 cm³/mol. The normalized spacial score (nSPS) is 20.1. The highest BCUT2D eigenvalue weighted by molar-refractivity contribution is 6.33. The van der Waals surface area contributed by atoms with Crippen LogP contribution in [0.4, 0.5) is 5.69 Å². The number of nitrogens with zero attached hydrogens (tertiary/aromatic N) is 1. The second-order valence-electron chi connectivity index (χ2n) is 5.82. The summed E-state index contributed by atoms with van der Waals surface area (Å²) in [6.07, 6.45) is 3.87. The Morgan fingerprint density at radius 2 is 2.16 bits per heavy atom. The fourth-order valence-electron chi connectivity index (χ4n) is 2.77. The highest BCUT2D eigenvalue weighted by atomic mass is 35.5. The monoisotopic (exact) mass is 280 g/mol. The van der Waals surface area contributed by atoms with Gasteiger partial charge in [-0.3, -0.25) is 0 Å². The molecule has 0 aromatic heterocycles. The molecule has 3 heteroatoms. The SMILES string of the molecule is CC(C)NCc1cccc(Cl)c1N1CCCCC1C. The first kappa shape index (κ1) is 14.7. The molecule has 1 saturated heterocycles. The fourth-order valence-corrected chi connectivity index (χ4v) is 3.07. The first-order valence-corrected chi connectivity index (χ1v) is 7.75. The Balaban J connectivity index is 2.26. The summed E-state index contributed by atoms with van der Waals surface area (Å²) in [6.45, 7) is 8.67. The first-order chi connectivity index (χ1) is 9.09. The molecule has 0 radical (unpaired) electrons. The van der Waals surface area contributed by atoms with Crippen LogP contribution in [-0.2, 0) is 6.54 Å². The number of para-hydroxylation sites is 1. The number of benzene rings is 1. The number of halogens is 1. The van der Waals surface area contributed by atoms with Gasteiger partial charge in [-0.1, -0.05) is 37.6 Å². The zero-order chi connectivity index (χ0) is 13.8. The van der Waals surface area contributed by atoms with Crippen molar-refractivity contribution >= 4 is 17.3 Å². The number of rotatable bonds is 4. The summed E-state index contributed by atoms with van der Waals surface area (Å²) in [5, 5.41) is 4.38. The molecular weight excluding hydrogens is 256 g/mol. The van der Waals surface area contributed by atoms with Crippen LogP contribution in [-0.4, -0.2) is 18.6 Å². The predicted octanol–water partition coefficient (Wildman–Crippen LogP) is 4.22. The van der Waals surface area contributed by atoms with E-state index in [1.54, 1.807) is 0 Å². The zero-order valence-corrected chi connectivity index (χ0v) is 13.0. The smallest absolute Gasteiger partial charge is 0.0643 e. The Morgan fingerprint density at radius 3 is 2.84 bits per heavy atom. The van der Waals surface area contributed by atoms with E-state index in [1.165, 1.54) is 30.5 Å². The van der Waals surface area contributed by atoms with Crippen LogP contribution >= 0.6 is 11.6 Å². The Bertz CT molecular complexity index is 417. The van der Waals surface area contributed by atoms with Gasteiger partial charge in [-0.05, 0) is 37.8 Å². The molecule has 0 bridgehead atoms. The van der Waals surface area contributed by atoms with E-state index in [9.17, 15) is 0 Å². The molecule has 2 rings (SSSR count). The van der Waals surface area contributed by atoms with Gasteiger partial charge in [0, 0.05) is 25.2 Å². The Kier molecular flexibility index (Phi) is 5.12. The molecule has 1 aliphatic heterocycles. The minimum atomic E-state index is 0.491. The van der Waals surface area contributed by atoms with Gasteiger partial charge in [-0.15, -0.1) is 0 Å². The van der Waals surface area contributed by atoms with Gasteiger partial charge in [0.25, 0.3) is 0 Å². The molecule has 106 valence electrons. The van der Waals surface area contributed by atoms with Crippen molar-refractivity contribution in [2.75, 3.05) is 11.4 Å². The van der Waals surface area contributed by atoms with Crippen molar-refractivity contribution in [3.8, 4) is 0 Å². The van der Waals surface area contributed by atoms with Crippen molar-refractivity contribution < 1.29 is 0 Å². The molecule has 1 fully saturated rings. The number of hydrogen-bond acceptors (Lipinski definition) is 2. The molecule has 1 atom stereocenters. The summed E-state index contributed by atoms with van der Waals surface area (Å²) < 4.78 is 0. The quantitative estimate of drug-likeness (QED) is 0.888. The van der Waals surface area contributed by atoms with Gasteiger partial charge in [0.15, 0.2) is 0 Å². The van der Waals surface area contributed by atoms with Gasteiger partial charge in [0.1, 0.15) is 0 Å². The standard InChI is InChI=1S/C16H25ClN2/c1-12(2)18-11-14-8-6-9-15(17)16(14)19-10-5-4-7-13(19)3/h6,8-9,12-13,18H,4-5,7,10-11H2,1-3H3. The number of hydrogen-bond donors (Lipinski definition) is 1. The lowest BCUT2D eigenvalue weighted by Gasteiger charge is -2.37. The van der Waals surface area contributed by atoms with Gasteiger partial charge in [0.2, 0.25) is 0 Å². The maximum Gasteiger partial charge on any atom is 0.0643 e. The number of nitrogens with one attached hydrogen (secondary N) is 1. The molecule has 0 spiro atoms. The van der Waals surface area contributed by atoms with Gasteiger partial charge >= 0.3 is 0 Å². The van der Waals surface area contributed by atoms with E-state index >= 15 is 0 Å². The second-order valence-corrected chi connectivity index (χ2v) is 6.23. The molecular formula is C16H25ClN2. The van der Waals surface area contributed by atoms with Crippen molar-refractivity contribution in [1.82, 2.24) is 5.32 Å². The summed E-state index contributed by atoms with van der Waals surface area (Å²) in [6, 6.07) is 7.34. The van der Waals surface area contributed by atoms with Gasteiger partial charge in [0.05, 0.1) is 10.7 Å². The van der Waals surface area contributed by atoms with Crippen LogP contribution in [0.5, 0.6) is 0 Å². The molecule has 1 unspecified atom stereocenters. The van der Waals surface area contributed by atoms with E-state index in [2.05, 4.69) is 43.1 Å². The van der Waals surface area contributed by atoms with Crippen LogP contribution < -0.4 is 10.2 Å². The van der Waals surface area contributed by atoms with Crippen LogP contribution in [0.25, 0.3) is 0 Å². The summed E-state index contributed by atoms with van der Waals surface area (Å²) in [4.78, 5) is 2.49. The number of piperidine rings is 1. The van der Waals surface area contributed by atoms with Crippen LogP contribution in [0.1, 0.15) is 45.6 Å². The molecule has 1 aromatic rings. The van der Waals surface area contributed by atoms with Gasteiger partial charge in [-0.25, -0.2) is 0 Å². The molecule has 0 amide bonds. The third-order valence-electron chi connectivity index (χ3n) is 3.86. The lowest BCUT2D eigenvalue weighted by Crippen LogP contribution is -2.38. The van der Waals surface area contributed by atoms with E-state index < -0.39 is 0 Å². The third kappa shape index (κ3) is 3.64. The fraction of sp³-hybridized carbons (Fsp3) is 0.625. The average molecular weight is 281 g/mol. The van der Waals surface area contributed by atoms with Gasteiger partial charge < -0.3 is 10.2 Å². The Labute approximate surface area is 122 Å². The molecule has 1 aliphatic rings. The minimum Gasteiger partial charge on any atom is -0.367 e. The van der Waals surface area contributed by atoms with Crippen LogP contribution in [0, 0.1) is 0 Å². The summed E-state index contributed by atoms with van der Waals surface area (Å²) in [5.74, 6) is 0. The number of anilines is 1. The summed E-state index contributed by atoms with van der Waals surface area (Å²) in [5.41, 5.74) is 2.56. The van der Waals surface area contributed by atoms with E-state index in [0.717, 1.165) is 18.1 Å². The Hall–Kier alpha value is -0.730. The average Bonchev–Trinajstić information content (AvgIpc) is 2.37. The highest BCUT2D eigenvalue weighted by Crippen LogP contribution is 2.34. The first-order valence-electron chi connectivity index (χ1n) is 7.37. The molecule has 1 aromatic carbocycles. The van der Waals surface area contributed by atoms with Crippen molar-refractivity contribution in [1.29, 1.82) is 0 Å². The largest absolute Gasteiger partial charge is 0.367 e. The summed E-state index contributed by atoms with van der Waals surface area (Å²) >= 11 is 6.47. The maximum absolute atomic E-state index is 6.47. The topological polar surface area (TPSA) is 15.3 Å². The Morgan fingerprint density at radius 1 is 1.37 bits per heavy atom. The molecule has 0 aliphatic carbocycles. The van der Waals surface area contributed by atoms with Crippen molar-refractivity contribution in [2.45, 2.75) is 58.7 Å².